The van der Waals surface area contributed by atoms with Crippen molar-refractivity contribution in [3.8, 4) is 0 Å². The minimum atomic E-state index is -0.156. The zero-order valence-electron chi connectivity index (χ0n) is 8.74. The molecule has 0 bridgehead atoms. The summed E-state index contributed by atoms with van der Waals surface area (Å²) >= 11 is 0. The number of hydrogen-bond acceptors (Lipinski definition) is 3. The first kappa shape index (κ1) is 9.77. The van der Waals surface area contributed by atoms with Crippen molar-refractivity contribution >= 4 is 6.09 Å². The number of rotatable bonds is 1. The number of amides is 1. The fourth-order valence-electron chi connectivity index (χ4n) is 2.18. The lowest BCUT2D eigenvalue weighted by molar-refractivity contribution is 0.00929. The number of hydrogen-bond donors (Lipinski definition) is 0. The monoisotopic (exact) mass is 198 g/mol. The third-order valence-electron chi connectivity index (χ3n) is 3.04. The summed E-state index contributed by atoms with van der Waals surface area (Å²) in [6.45, 7) is 1.77. The van der Waals surface area contributed by atoms with E-state index in [-0.39, 0.29) is 12.2 Å². The number of ether oxygens (including phenoxy) is 1. The Kier molecular flexibility index (Phi) is 2.91. The molecule has 2 aliphatic rings. The average molecular weight is 198 g/mol. The van der Waals surface area contributed by atoms with Gasteiger partial charge in [-0.15, -0.1) is 0 Å². The van der Waals surface area contributed by atoms with Crippen LogP contribution in [0.4, 0.5) is 4.79 Å². The van der Waals surface area contributed by atoms with E-state index >= 15 is 0 Å². The third-order valence-corrected chi connectivity index (χ3v) is 3.04. The standard InChI is InChI=1S/C10H18N2O2/c1-11-7-4-8-12(11)10(13)14-9-5-2-3-6-9/h9H,2-8H2,1H3. The van der Waals surface area contributed by atoms with Gasteiger partial charge in [-0.05, 0) is 32.1 Å². The predicted molar refractivity (Wildman–Crippen MR) is 52.7 cm³/mol. The molecule has 0 aromatic rings. The molecule has 80 valence electrons. The first-order valence-electron chi connectivity index (χ1n) is 5.46. The van der Waals surface area contributed by atoms with Gasteiger partial charge in [0.15, 0.2) is 0 Å². The van der Waals surface area contributed by atoms with Gasteiger partial charge in [0.2, 0.25) is 0 Å². The van der Waals surface area contributed by atoms with Gasteiger partial charge in [0.25, 0.3) is 0 Å². The Morgan fingerprint density at radius 3 is 2.50 bits per heavy atom. The van der Waals surface area contributed by atoms with Crippen LogP contribution in [0.2, 0.25) is 0 Å². The van der Waals surface area contributed by atoms with Gasteiger partial charge in [-0.1, -0.05) is 0 Å². The Labute approximate surface area is 84.8 Å². The molecule has 0 radical (unpaired) electrons. The second kappa shape index (κ2) is 4.17. The van der Waals surface area contributed by atoms with Crippen LogP contribution in [0.25, 0.3) is 0 Å². The molecule has 2 rings (SSSR count). The first-order valence-corrected chi connectivity index (χ1v) is 5.46. The summed E-state index contributed by atoms with van der Waals surface area (Å²) in [5, 5.41) is 3.65. The Bertz CT molecular complexity index is 214. The molecule has 0 aromatic heterocycles. The second-order valence-electron chi connectivity index (χ2n) is 4.15. The molecule has 4 heteroatoms. The SMILES string of the molecule is CN1CCCN1C(=O)OC1CCCC1. The smallest absolute Gasteiger partial charge is 0.424 e. The summed E-state index contributed by atoms with van der Waals surface area (Å²) in [7, 11) is 1.93. The quantitative estimate of drug-likeness (QED) is 0.642. The summed E-state index contributed by atoms with van der Waals surface area (Å²) < 4.78 is 5.41. The highest BCUT2D eigenvalue weighted by molar-refractivity contribution is 5.67. The van der Waals surface area contributed by atoms with Crippen LogP contribution in [0, 0.1) is 0 Å². The minimum Gasteiger partial charge on any atom is -0.445 e. The van der Waals surface area contributed by atoms with Crippen molar-refractivity contribution < 1.29 is 9.53 Å². The van der Waals surface area contributed by atoms with Gasteiger partial charge in [-0.25, -0.2) is 14.8 Å². The maximum atomic E-state index is 11.7. The van der Waals surface area contributed by atoms with E-state index in [9.17, 15) is 4.79 Å². The van der Waals surface area contributed by atoms with Crippen LogP contribution in [0.5, 0.6) is 0 Å². The van der Waals surface area contributed by atoms with Crippen molar-refractivity contribution in [3.63, 3.8) is 0 Å². The van der Waals surface area contributed by atoms with E-state index in [1.165, 1.54) is 12.8 Å². The summed E-state index contributed by atoms with van der Waals surface area (Å²) in [5.74, 6) is 0. The van der Waals surface area contributed by atoms with E-state index in [1.807, 2.05) is 12.1 Å². The zero-order valence-corrected chi connectivity index (χ0v) is 8.74. The maximum absolute atomic E-state index is 11.7. The van der Waals surface area contributed by atoms with Gasteiger partial charge in [0, 0.05) is 20.1 Å². The van der Waals surface area contributed by atoms with Crippen LogP contribution in [0.1, 0.15) is 32.1 Å². The molecule has 1 saturated carbocycles. The lowest BCUT2D eigenvalue weighted by Gasteiger charge is -2.24. The van der Waals surface area contributed by atoms with Crippen LogP contribution >= 0.6 is 0 Å². The highest BCUT2D eigenvalue weighted by Crippen LogP contribution is 2.22. The summed E-state index contributed by atoms with van der Waals surface area (Å²) in [6.07, 6.45) is 5.57. The molecule has 14 heavy (non-hydrogen) atoms. The Balaban J connectivity index is 1.82. The van der Waals surface area contributed by atoms with Crippen molar-refractivity contribution in [2.45, 2.75) is 38.2 Å². The van der Waals surface area contributed by atoms with E-state index in [0.717, 1.165) is 32.4 Å². The van der Waals surface area contributed by atoms with Crippen molar-refractivity contribution in [1.29, 1.82) is 0 Å². The average Bonchev–Trinajstić information content (AvgIpc) is 2.75. The number of nitrogens with zero attached hydrogens (tertiary/aromatic N) is 2. The van der Waals surface area contributed by atoms with Gasteiger partial charge in [0.1, 0.15) is 6.10 Å². The number of carbonyl (C=O) groups is 1. The molecule has 2 fully saturated rings. The molecule has 0 aromatic carbocycles. The van der Waals surface area contributed by atoms with Crippen LogP contribution in [0.15, 0.2) is 0 Å². The molecule has 4 nitrogen and oxygen atoms in total. The molecule has 1 aliphatic heterocycles. The molecular weight excluding hydrogens is 180 g/mol. The molecular formula is C10H18N2O2. The zero-order chi connectivity index (χ0) is 9.97. The van der Waals surface area contributed by atoms with Gasteiger partial charge >= 0.3 is 6.09 Å². The lowest BCUT2D eigenvalue weighted by atomic mass is 10.3. The normalized spacial score (nSPS) is 24.5. The molecule has 1 heterocycles. The van der Waals surface area contributed by atoms with E-state index in [1.54, 1.807) is 5.01 Å². The van der Waals surface area contributed by atoms with Crippen molar-refractivity contribution in [1.82, 2.24) is 10.0 Å². The van der Waals surface area contributed by atoms with Gasteiger partial charge < -0.3 is 4.74 Å². The van der Waals surface area contributed by atoms with Gasteiger partial charge in [-0.2, -0.15) is 0 Å². The van der Waals surface area contributed by atoms with Crippen molar-refractivity contribution in [2.24, 2.45) is 0 Å². The maximum Gasteiger partial charge on any atom is 0.424 e. The van der Waals surface area contributed by atoms with E-state index in [0.29, 0.717) is 0 Å². The van der Waals surface area contributed by atoms with Crippen molar-refractivity contribution in [3.05, 3.63) is 0 Å². The largest absolute Gasteiger partial charge is 0.445 e. The second-order valence-corrected chi connectivity index (χ2v) is 4.15. The molecule has 0 N–H and O–H groups in total. The van der Waals surface area contributed by atoms with Gasteiger partial charge in [-0.3, -0.25) is 0 Å². The highest BCUT2D eigenvalue weighted by Gasteiger charge is 2.28. The fourth-order valence-corrected chi connectivity index (χ4v) is 2.18. The van der Waals surface area contributed by atoms with Crippen LogP contribution in [-0.2, 0) is 4.74 Å². The molecule has 1 amide bonds. The van der Waals surface area contributed by atoms with Crippen LogP contribution in [0.3, 0.4) is 0 Å². The number of carbonyl (C=O) groups excluding carboxylic acids is 1. The first-order chi connectivity index (χ1) is 6.77. The Morgan fingerprint density at radius 2 is 1.93 bits per heavy atom. The van der Waals surface area contributed by atoms with Gasteiger partial charge in [0.05, 0.1) is 0 Å². The Morgan fingerprint density at radius 1 is 1.21 bits per heavy atom. The molecule has 0 unspecified atom stereocenters. The fraction of sp³-hybridized carbons (Fsp3) is 0.900. The van der Waals surface area contributed by atoms with E-state index < -0.39 is 0 Å². The summed E-state index contributed by atoms with van der Waals surface area (Å²) in [6, 6.07) is 0. The molecule has 1 aliphatic carbocycles. The van der Waals surface area contributed by atoms with Crippen LogP contribution in [-0.4, -0.2) is 42.4 Å². The Hall–Kier alpha value is -0.770. The molecule has 1 saturated heterocycles. The summed E-state index contributed by atoms with van der Waals surface area (Å²) in [4.78, 5) is 11.7. The third kappa shape index (κ3) is 2.00. The van der Waals surface area contributed by atoms with Crippen molar-refractivity contribution in [2.75, 3.05) is 20.1 Å². The summed E-state index contributed by atoms with van der Waals surface area (Å²) in [5.41, 5.74) is 0. The molecule has 0 atom stereocenters. The highest BCUT2D eigenvalue weighted by atomic mass is 16.6. The lowest BCUT2D eigenvalue weighted by Crippen LogP contribution is -2.40. The predicted octanol–water partition coefficient (Wildman–Crippen LogP) is 1.62. The van der Waals surface area contributed by atoms with Crippen LogP contribution < -0.4 is 0 Å². The minimum absolute atomic E-state index is 0.156. The van der Waals surface area contributed by atoms with E-state index in [4.69, 9.17) is 4.74 Å². The van der Waals surface area contributed by atoms with E-state index in [2.05, 4.69) is 0 Å². The number of hydrazine groups is 1. The topological polar surface area (TPSA) is 32.8 Å². The molecule has 0 spiro atoms.